The van der Waals surface area contributed by atoms with Gasteiger partial charge in [0.05, 0.1) is 0 Å². The van der Waals surface area contributed by atoms with Gasteiger partial charge in [-0.2, -0.15) is 12.6 Å². The average Bonchev–Trinajstić information content (AvgIpc) is 2.05. The molecule has 0 aromatic rings. The molecule has 1 aliphatic carbocycles. The molecule has 12 heavy (non-hydrogen) atoms. The van der Waals surface area contributed by atoms with E-state index in [-0.39, 0.29) is 11.2 Å². The van der Waals surface area contributed by atoms with Crippen LogP contribution in [0.25, 0.3) is 0 Å². The molecule has 1 fully saturated rings. The molecule has 1 rings (SSSR count). The van der Waals surface area contributed by atoms with Crippen LogP contribution < -0.4 is 5.73 Å². The Kier molecular flexibility index (Phi) is 3.92. The second kappa shape index (κ2) is 4.75. The SMILES string of the molecule is NC(=O)CC(S)C1CCCCC1. The maximum atomic E-state index is 10.6. The van der Waals surface area contributed by atoms with Crippen LogP contribution in [0.15, 0.2) is 0 Å². The lowest BCUT2D eigenvalue weighted by Crippen LogP contribution is -2.24. The fourth-order valence-electron chi connectivity index (χ4n) is 1.89. The van der Waals surface area contributed by atoms with Crippen molar-refractivity contribution < 1.29 is 4.79 Å². The molecule has 0 heterocycles. The van der Waals surface area contributed by atoms with E-state index in [0.29, 0.717) is 12.3 Å². The molecule has 70 valence electrons. The van der Waals surface area contributed by atoms with Gasteiger partial charge in [-0.05, 0) is 18.8 Å². The molecule has 0 radical (unpaired) electrons. The summed E-state index contributed by atoms with van der Waals surface area (Å²) in [5.41, 5.74) is 5.11. The molecule has 0 bridgehead atoms. The zero-order chi connectivity index (χ0) is 8.97. The molecule has 1 aliphatic rings. The van der Waals surface area contributed by atoms with Gasteiger partial charge in [-0.3, -0.25) is 4.79 Å². The van der Waals surface area contributed by atoms with E-state index in [1.807, 2.05) is 0 Å². The van der Waals surface area contributed by atoms with Crippen LogP contribution in [0.2, 0.25) is 0 Å². The number of primary amides is 1. The Hall–Kier alpha value is -0.180. The largest absolute Gasteiger partial charge is 0.370 e. The third kappa shape index (κ3) is 3.05. The normalized spacial score (nSPS) is 22.1. The lowest BCUT2D eigenvalue weighted by Gasteiger charge is -2.25. The first kappa shape index (κ1) is 9.90. The average molecular weight is 187 g/mol. The van der Waals surface area contributed by atoms with Crippen LogP contribution in [0.1, 0.15) is 38.5 Å². The van der Waals surface area contributed by atoms with Crippen molar-refractivity contribution in [3.63, 3.8) is 0 Å². The van der Waals surface area contributed by atoms with E-state index in [4.69, 9.17) is 5.73 Å². The van der Waals surface area contributed by atoms with Crippen LogP contribution in [0.4, 0.5) is 0 Å². The molecular weight excluding hydrogens is 170 g/mol. The second-order valence-corrected chi connectivity index (χ2v) is 4.30. The van der Waals surface area contributed by atoms with Crippen LogP contribution >= 0.6 is 12.6 Å². The van der Waals surface area contributed by atoms with Crippen LogP contribution in [0, 0.1) is 5.92 Å². The quantitative estimate of drug-likeness (QED) is 0.649. The van der Waals surface area contributed by atoms with E-state index >= 15 is 0 Å². The van der Waals surface area contributed by atoms with Gasteiger partial charge in [0.2, 0.25) is 5.91 Å². The van der Waals surface area contributed by atoms with Crippen LogP contribution in [-0.2, 0) is 4.79 Å². The van der Waals surface area contributed by atoms with Crippen molar-refractivity contribution in [2.24, 2.45) is 11.7 Å². The molecule has 0 saturated heterocycles. The number of carbonyl (C=O) groups excluding carboxylic acids is 1. The van der Waals surface area contributed by atoms with Gasteiger partial charge in [0.25, 0.3) is 0 Å². The first-order valence-corrected chi connectivity index (χ1v) is 5.18. The zero-order valence-electron chi connectivity index (χ0n) is 7.33. The number of carbonyl (C=O) groups is 1. The molecular formula is C9H17NOS. The van der Waals surface area contributed by atoms with E-state index in [2.05, 4.69) is 12.6 Å². The topological polar surface area (TPSA) is 43.1 Å². The lowest BCUT2D eigenvalue weighted by atomic mass is 9.85. The maximum absolute atomic E-state index is 10.6. The summed E-state index contributed by atoms with van der Waals surface area (Å²) in [5, 5.41) is 0.197. The Morgan fingerprint density at radius 1 is 1.42 bits per heavy atom. The second-order valence-electron chi connectivity index (χ2n) is 3.64. The van der Waals surface area contributed by atoms with Gasteiger partial charge in [-0.25, -0.2) is 0 Å². The summed E-state index contributed by atoms with van der Waals surface area (Å²) in [7, 11) is 0. The van der Waals surface area contributed by atoms with Gasteiger partial charge >= 0.3 is 0 Å². The van der Waals surface area contributed by atoms with Crippen molar-refractivity contribution in [3.8, 4) is 0 Å². The van der Waals surface area contributed by atoms with Crippen LogP contribution in [-0.4, -0.2) is 11.2 Å². The Morgan fingerprint density at radius 2 is 2.00 bits per heavy atom. The summed E-state index contributed by atoms with van der Waals surface area (Å²) in [5.74, 6) is 0.398. The predicted octanol–water partition coefficient (Wildman–Crippen LogP) is 1.74. The first-order valence-electron chi connectivity index (χ1n) is 4.66. The summed E-state index contributed by atoms with van der Waals surface area (Å²) >= 11 is 4.41. The van der Waals surface area contributed by atoms with E-state index in [0.717, 1.165) is 0 Å². The molecule has 1 atom stereocenters. The Labute approximate surface area is 79.3 Å². The summed E-state index contributed by atoms with van der Waals surface area (Å²) in [6.45, 7) is 0. The summed E-state index contributed by atoms with van der Waals surface area (Å²) in [4.78, 5) is 10.6. The fraction of sp³-hybridized carbons (Fsp3) is 0.889. The van der Waals surface area contributed by atoms with Gasteiger partial charge in [0, 0.05) is 11.7 Å². The molecule has 0 aromatic heterocycles. The molecule has 1 amide bonds. The minimum Gasteiger partial charge on any atom is -0.370 e. The number of thiol groups is 1. The molecule has 2 N–H and O–H groups in total. The monoisotopic (exact) mass is 187 g/mol. The summed E-state index contributed by atoms with van der Waals surface area (Å²) in [6, 6.07) is 0. The third-order valence-corrected chi connectivity index (χ3v) is 3.21. The van der Waals surface area contributed by atoms with Crippen LogP contribution in [0.3, 0.4) is 0 Å². The number of amides is 1. The van der Waals surface area contributed by atoms with Gasteiger partial charge < -0.3 is 5.73 Å². The van der Waals surface area contributed by atoms with Crippen molar-refractivity contribution in [2.45, 2.75) is 43.8 Å². The highest BCUT2D eigenvalue weighted by molar-refractivity contribution is 7.81. The molecule has 1 unspecified atom stereocenters. The molecule has 1 saturated carbocycles. The van der Waals surface area contributed by atoms with E-state index in [9.17, 15) is 4.79 Å². The van der Waals surface area contributed by atoms with Gasteiger partial charge in [-0.15, -0.1) is 0 Å². The third-order valence-electron chi connectivity index (χ3n) is 2.60. The van der Waals surface area contributed by atoms with E-state index in [1.54, 1.807) is 0 Å². The van der Waals surface area contributed by atoms with Gasteiger partial charge in [0.1, 0.15) is 0 Å². The maximum Gasteiger partial charge on any atom is 0.218 e. The molecule has 0 aliphatic heterocycles. The Morgan fingerprint density at radius 3 is 2.50 bits per heavy atom. The highest BCUT2D eigenvalue weighted by Gasteiger charge is 2.21. The minimum absolute atomic E-state index is 0.197. The molecule has 3 heteroatoms. The zero-order valence-corrected chi connectivity index (χ0v) is 8.22. The summed E-state index contributed by atoms with van der Waals surface area (Å²) < 4.78 is 0. The van der Waals surface area contributed by atoms with E-state index < -0.39 is 0 Å². The van der Waals surface area contributed by atoms with Crippen molar-refractivity contribution in [2.75, 3.05) is 0 Å². The Bertz CT molecular complexity index is 155. The lowest BCUT2D eigenvalue weighted by molar-refractivity contribution is -0.118. The fourth-order valence-corrected chi connectivity index (χ4v) is 2.37. The predicted molar refractivity (Wildman–Crippen MR) is 53.2 cm³/mol. The molecule has 2 nitrogen and oxygen atoms in total. The van der Waals surface area contributed by atoms with Crippen molar-refractivity contribution in [1.82, 2.24) is 0 Å². The van der Waals surface area contributed by atoms with Crippen molar-refractivity contribution in [1.29, 1.82) is 0 Å². The number of hydrogen-bond donors (Lipinski definition) is 2. The van der Waals surface area contributed by atoms with E-state index in [1.165, 1.54) is 32.1 Å². The molecule has 0 spiro atoms. The van der Waals surface area contributed by atoms with Crippen LogP contribution in [0.5, 0.6) is 0 Å². The molecule has 0 aromatic carbocycles. The van der Waals surface area contributed by atoms with Crippen molar-refractivity contribution in [3.05, 3.63) is 0 Å². The highest BCUT2D eigenvalue weighted by atomic mass is 32.1. The Balaban J connectivity index is 2.29. The number of hydrogen-bond acceptors (Lipinski definition) is 2. The van der Waals surface area contributed by atoms with Crippen molar-refractivity contribution >= 4 is 18.5 Å². The first-order chi connectivity index (χ1) is 5.70. The summed E-state index contributed by atoms with van der Waals surface area (Å²) in [6.07, 6.45) is 6.81. The number of nitrogens with two attached hydrogens (primary N) is 1. The minimum atomic E-state index is -0.222. The standard InChI is InChI=1S/C9H17NOS/c10-9(11)6-8(12)7-4-2-1-3-5-7/h7-8,12H,1-6H2,(H2,10,11). The highest BCUT2D eigenvalue weighted by Crippen LogP contribution is 2.30. The van der Waals surface area contributed by atoms with Gasteiger partial charge in [-0.1, -0.05) is 19.3 Å². The number of rotatable bonds is 3. The smallest absolute Gasteiger partial charge is 0.218 e. The van der Waals surface area contributed by atoms with Gasteiger partial charge in [0.15, 0.2) is 0 Å².